The summed E-state index contributed by atoms with van der Waals surface area (Å²) in [6, 6.07) is 6.19. The summed E-state index contributed by atoms with van der Waals surface area (Å²) in [5, 5.41) is 5.47. The fraction of sp³-hybridized carbons (Fsp3) is 0.500. The second-order valence-corrected chi connectivity index (χ2v) is 6.25. The summed E-state index contributed by atoms with van der Waals surface area (Å²) in [5.41, 5.74) is 2.23. The van der Waals surface area contributed by atoms with Crippen molar-refractivity contribution >= 4 is 22.9 Å². The first-order valence-electron chi connectivity index (χ1n) is 8.70. The summed E-state index contributed by atoms with van der Waals surface area (Å²) in [4.78, 5) is 27.6. The van der Waals surface area contributed by atoms with Crippen LogP contribution in [0.4, 0.5) is 4.79 Å². The number of hydrogen-bond donors (Lipinski definition) is 0. The molecule has 134 valence electrons. The number of amides is 2. The van der Waals surface area contributed by atoms with Gasteiger partial charge in [-0.25, -0.2) is 4.79 Å². The normalized spacial score (nSPS) is 14.8. The van der Waals surface area contributed by atoms with Crippen LogP contribution in [0.15, 0.2) is 24.4 Å². The van der Waals surface area contributed by atoms with Crippen molar-refractivity contribution in [2.45, 2.75) is 26.8 Å². The van der Waals surface area contributed by atoms with Gasteiger partial charge < -0.3 is 14.5 Å². The van der Waals surface area contributed by atoms with Crippen molar-refractivity contribution < 1.29 is 14.3 Å². The minimum Gasteiger partial charge on any atom is -0.450 e. The third-order valence-corrected chi connectivity index (χ3v) is 4.50. The van der Waals surface area contributed by atoms with Gasteiger partial charge in [-0.05, 0) is 25.5 Å². The molecule has 0 spiro atoms. The topological polar surface area (TPSA) is 67.7 Å². The van der Waals surface area contributed by atoms with Gasteiger partial charge in [0.15, 0.2) is 0 Å². The Kier molecular flexibility index (Phi) is 5.21. The van der Waals surface area contributed by atoms with Crippen LogP contribution in [-0.4, -0.2) is 64.4 Å². The van der Waals surface area contributed by atoms with Crippen molar-refractivity contribution in [3.05, 3.63) is 30.0 Å². The molecular formula is C18H24N4O3. The second-order valence-electron chi connectivity index (χ2n) is 6.25. The molecule has 2 amide bonds. The molecule has 0 unspecified atom stereocenters. The number of aromatic nitrogens is 2. The highest BCUT2D eigenvalue weighted by atomic mass is 16.6. The molecule has 0 bridgehead atoms. The van der Waals surface area contributed by atoms with E-state index in [9.17, 15) is 9.59 Å². The van der Waals surface area contributed by atoms with Gasteiger partial charge in [0, 0.05) is 38.0 Å². The molecule has 0 saturated carbocycles. The lowest BCUT2D eigenvalue weighted by molar-refractivity contribution is -0.133. The SMILES string of the molecule is CCOC(=O)N1CCN(C(=O)CCn2ncc3ccc(C)cc32)CC1. The molecule has 25 heavy (non-hydrogen) atoms. The highest BCUT2D eigenvalue weighted by molar-refractivity contribution is 5.80. The van der Waals surface area contributed by atoms with E-state index in [1.807, 2.05) is 28.8 Å². The smallest absolute Gasteiger partial charge is 0.409 e. The van der Waals surface area contributed by atoms with Gasteiger partial charge >= 0.3 is 6.09 Å². The Morgan fingerprint density at radius 3 is 2.60 bits per heavy atom. The van der Waals surface area contributed by atoms with Crippen molar-refractivity contribution in [2.75, 3.05) is 32.8 Å². The number of carbonyl (C=O) groups is 2. The van der Waals surface area contributed by atoms with E-state index in [0.29, 0.717) is 45.8 Å². The van der Waals surface area contributed by atoms with E-state index in [2.05, 4.69) is 17.2 Å². The fourth-order valence-corrected chi connectivity index (χ4v) is 3.07. The van der Waals surface area contributed by atoms with Gasteiger partial charge in [0.1, 0.15) is 0 Å². The first-order chi connectivity index (χ1) is 12.1. The predicted octanol–water partition coefficient (Wildman–Crippen LogP) is 2.04. The van der Waals surface area contributed by atoms with Crippen LogP contribution in [0.5, 0.6) is 0 Å². The number of carbonyl (C=O) groups excluding carboxylic acids is 2. The van der Waals surface area contributed by atoms with Gasteiger partial charge in [0.2, 0.25) is 5.91 Å². The van der Waals surface area contributed by atoms with E-state index in [-0.39, 0.29) is 12.0 Å². The summed E-state index contributed by atoms with van der Waals surface area (Å²) < 4.78 is 6.88. The Balaban J connectivity index is 1.53. The third-order valence-electron chi connectivity index (χ3n) is 4.50. The molecule has 0 radical (unpaired) electrons. The minimum absolute atomic E-state index is 0.0970. The molecule has 1 saturated heterocycles. The number of fused-ring (bicyclic) bond motifs is 1. The number of aryl methyl sites for hydroxylation is 2. The molecule has 0 atom stereocenters. The molecule has 1 aromatic carbocycles. The van der Waals surface area contributed by atoms with Crippen LogP contribution < -0.4 is 0 Å². The molecule has 2 heterocycles. The van der Waals surface area contributed by atoms with Crippen LogP contribution in [0.2, 0.25) is 0 Å². The maximum Gasteiger partial charge on any atom is 0.409 e. The van der Waals surface area contributed by atoms with Crippen LogP contribution >= 0.6 is 0 Å². The molecule has 7 heteroatoms. The quantitative estimate of drug-likeness (QED) is 0.851. The highest BCUT2D eigenvalue weighted by Crippen LogP contribution is 2.16. The summed E-state index contributed by atoms with van der Waals surface area (Å²) in [5.74, 6) is 0.0970. The Labute approximate surface area is 147 Å². The largest absolute Gasteiger partial charge is 0.450 e. The van der Waals surface area contributed by atoms with Crippen molar-refractivity contribution in [3.63, 3.8) is 0 Å². The molecule has 1 fully saturated rings. The first kappa shape index (κ1) is 17.3. The summed E-state index contributed by atoms with van der Waals surface area (Å²) in [6.07, 6.45) is 1.94. The van der Waals surface area contributed by atoms with Gasteiger partial charge in [0.25, 0.3) is 0 Å². The van der Waals surface area contributed by atoms with Crippen LogP contribution in [-0.2, 0) is 16.1 Å². The zero-order valence-electron chi connectivity index (χ0n) is 14.8. The Morgan fingerprint density at radius 1 is 1.16 bits per heavy atom. The Bertz CT molecular complexity index is 763. The van der Waals surface area contributed by atoms with Gasteiger partial charge in [-0.15, -0.1) is 0 Å². The Morgan fingerprint density at radius 2 is 1.88 bits per heavy atom. The van der Waals surface area contributed by atoms with Crippen LogP contribution in [0.25, 0.3) is 10.9 Å². The number of nitrogens with zero attached hydrogens (tertiary/aromatic N) is 4. The van der Waals surface area contributed by atoms with Gasteiger partial charge in [0.05, 0.1) is 24.9 Å². The standard InChI is InChI=1S/C18H24N4O3/c1-3-25-18(24)21-10-8-20(9-11-21)17(23)6-7-22-16-12-14(2)4-5-15(16)13-19-22/h4-5,12-13H,3,6-11H2,1-2H3. The molecule has 2 aromatic rings. The maximum atomic E-state index is 12.4. The van der Waals surface area contributed by atoms with Crippen LogP contribution in [0, 0.1) is 6.92 Å². The maximum absolute atomic E-state index is 12.4. The van der Waals surface area contributed by atoms with Gasteiger partial charge in [-0.3, -0.25) is 9.48 Å². The van der Waals surface area contributed by atoms with E-state index in [4.69, 9.17) is 4.74 Å². The van der Waals surface area contributed by atoms with Gasteiger partial charge in [-0.1, -0.05) is 12.1 Å². The summed E-state index contributed by atoms with van der Waals surface area (Å²) in [6.45, 7) is 6.92. The van der Waals surface area contributed by atoms with Gasteiger partial charge in [-0.2, -0.15) is 5.10 Å². The predicted molar refractivity (Wildman–Crippen MR) is 94.3 cm³/mol. The molecule has 0 N–H and O–H groups in total. The lowest BCUT2D eigenvalue weighted by Crippen LogP contribution is -2.50. The zero-order valence-corrected chi connectivity index (χ0v) is 14.8. The molecule has 7 nitrogen and oxygen atoms in total. The van der Waals surface area contributed by atoms with E-state index in [0.717, 1.165) is 10.9 Å². The molecule has 1 aliphatic heterocycles. The third kappa shape index (κ3) is 3.92. The fourth-order valence-electron chi connectivity index (χ4n) is 3.07. The lowest BCUT2D eigenvalue weighted by Gasteiger charge is -2.34. The van der Waals surface area contributed by atoms with Crippen LogP contribution in [0.1, 0.15) is 18.9 Å². The van der Waals surface area contributed by atoms with Crippen molar-refractivity contribution in [1.29, 1.82) is 0 Å². The average molecular weight is 344 g/mol. The molecule has 1 aromatic heterocycles. The van der Waals surface area contributed by atoms with E-state index in [1.165, 1.54) is 5.56 Å². The summed E-state index contributed by atoms with van der Waals surface area (Å²) in [7, 11) is 0. The number of rotatable bonds is 4. The lowest BCUT2D eigenvalue weighted by atomic mass is 10.2. The Hall–Kier alpha value is -2.57. The first-order valence-corrected chi connectivity index (χ1v) is 8.70. The highest BCUT2D eigenvalue weighted by Gasteiger charge is 2.24. The van der Waals surface area contributed by atoms with E-state index >= 15 is 0 Å². The molecule has 1 aliphatic rings. The number of hydrogen-bond acceptors (Lipinski definition) is 4. The average Bonchev–Trinajstić information content (AvgIpc) is 3.02. The van der Waals surface area contributed by atoms with Crippen molar-refractivity contribution in [3.8, 4) is 0 Å². The number of piperazine rings is 1. The van der Waals surface area contributed by atoms with Crippen molar-refractivity contribution in [1.82, 2.24) is 19.6 Å². The molecule has 0 aliphatic carbocycles. The van der Waals surface area contributed by atoms with E-state index in [1.54, 1.807) is 11.8 Å². The molecule has 3 rings (SSSR count). The minimum atomic E-state index is -0.298. The van der Waals surface area contributed by atoms with E-state index < -0.39 is 0 Å². The van der Waals surface area contributed by atoms with Crippen LogP contribution in [0.3, 0.4) is 0 Å². The summed E-state index contributed by atoms with van der Waals surface area (Å²) >= 11 is 0. The number of benzene rings is 1. The second kappa shape index (κ2) is 7.55. The molecular weight excluding hydrogens is 320 g/mol. The zero-order chi connectivity index (χ0) is 17.8. The monoisotopic (exact) mass is 344 g/mol. The number of ether oxygens (including phenoxy) is 1. The van der Waals surface area contributed by atoms with Crippen molar-refractivity contribution in [2.24, 2.45) is 0 Å².